The van der Waals surface area contributed by atoms with Crippen molar-refractivity contribution in [2.45, 2.75) is 33.4 Å². The molecule has 3 N–H and O–H groups in total. The lowest BCUT2D eigenvalue weighted by atomic mass is 10.1. The standard InChI is InChI=1S/C15H20N2S/c1-3-13-5-6-14(18-13)10-17-9-12-4-7-15(16)11(2)8-12/h4-8,17H,3,9-10,16H2,1-2H3. The van der Waals surface area contributed by atoms with Crippen molar-refractivity contribution in [2.24, 2.45) is 0 Å². The van der Waals surface area contributed by atoms with E-state index in [1.165, 1.54) is 15.3 Å². The second kappa shape index (κ2) is 6.03. The Labute approximate surface area is 113 Å². The van der Waals surface area contributed by atoms with Crippen LogP contribution < -0.4 is 11.1 Å². The Balaban J connectivity index is 1.86. The van der Waals surface area contributed by atoms with Crippen LogP contribution in [-0.2, 0) is 19.5 Å². The molecule has 96 valence electrons. The van der Waals surface area contributed by atoms with Gasteiger partial charge < -0.3 is 11.1 Å². The van der Waals surface area contributed by atoms with Crippen LogP contribution in [0.3, 0.4) is 0 Å². The molecule has 2 aromatic rings. The van der Waals surface area contributed by atoms with Crippen molar-refractivity contribution in [1.29, 1.82) is 0 Å². The molecule has 0 aliphatic carbocycles. The van der Waals surface area contributed by atoms with E-state index in [1.54, 1.807) is 0 Å². The number of nitrogen functional groups attached to an aromatic ring is 1. The lowest BCUT2D eigenvalue weighted by Crippen LogP contribution is -2.11. The Kier molecular flexibility index (Phi) is 4.39. The molecule has 1 heterocycles. The zero-order chi connectivity index (χ0) is 13.0. The molecule has 2 nitrogen and oxygen atoms in total. The van der Waals surface area contributed by atoms with E-state index in [9.17, 15) is 0 Å². The third kappa shape index (κ3) is 3.34. The fourth-order valence-corrected chi connectivity index (χ4v) is 2.81. The number of rotatable bonds is 5. The molecule has 1 aromatic heterocycles. The summed E-state index contributed by atoms with van der Waals surface area (Å²) in [5, 5.41) is 3.47. The number of hydrogen-bond donors (Lipinski definition) is 2. The van der Waals surface area contributed by atoms with Gasteiger partial charge in [0.05, 0.1) is 0 Å². The molecule has 0 atom stereocenters. The number of hydrogen-bond acceptors (Lipinski definition) is 3. The van der Waals surface area contributed by atoms with E-state index in [-0.39, 0.29) is 0 Å². The van der Waals surface area contributed by atoms with E-state index in [0.717, 1.165) is 30.8 Å². The second-order valence-corrected chi connectivity index (χ2v) is 5.77. The van der Waals surface area contributed by atoms with Crippen LogP contribution >= 0.6 is 11.3 Å². The van der Waals surface area contributed by atoms with Crippen LogP contribution in [0.2, 0.25) is 0 Å². The zero-order valence-corrected chi connectivity index (χ0v) is 11.8. The van der Waals surface area contributed by atoms with Crippen LogP contribution in [0.1, 0.15) is 27.8 Å². The first kappa shape index (κ1) is 13.1. The number of thiophene rings is 1. The summed E-state index contributed by atoms with van der Waals surface area (Å²) in [5.41, 5.74) is 9.11. The summed E-state index contributed by atoms with van der Waals surface area (Å²) in [7, 11) is 0. The van der Waals surface area contributed by atoms with Gasteiger partial charge in [-0.15, -0.1) is 11.3 Å². The van der Waals surface area contributed by atoms with Crippen molar-refractivity contribution in [1.82, 2.24) is 5.32 Å². The van der Waals surface area contributed by atoms with Crippen molar-refractivity contribution in [2.75, 3.05) is 5.73 Å². The molecule has 0 saturated carbocycles. The SMILES string of the molecule is CCc1ccc(CNCc2ccc(N)c(C)c2)s1. The van der Waals surface area contributed by atoms with Crippen molar-refractivity contribution in [3.63, 3.8) is 0 Å². The van der Waals surface area contributed by atoms with Gasteiger partial charge in [0.25, 0.3) is 0 Å². The maximum absolute atomic E-state index is 5.81. The summed E-state index contributed by atoms with van der Waals surface area (Å²) >= 11 is 1.89. The van der Waals surface area contributed by atoms with Crippen molar-refractivity contribution >= 4 is 17.0 Å². The summed E-state index contributed by atoms with van der Waals surface area (Å²) in [5.74, 6) is 0. The first-order valence-electron chi connectivity index (χ1n) is 6.32. The molecule has 0 aliphatic rings. The van der Waals surface area contributed by atoms with Crippen LogP contribution in [0.5, 0.6) is 0 Å². The molecule has 0 unspecified atom stereocenters. The molecule has 0 saturated heterocycles. The number of aryl methyl sites for hydroxylation is 2. The highest BCUT2D eigenvalue weighted by Gasteiger charge is 2.00. The van der Waals surface area contributed by atoms with Gasteiger partial charge in [0.1, 0.15) is 0 Å². The Bertz CT molecular complexity index is 517. The molecule has 0 amide bonds. The number of nitrogens with two attached hydrogens (primary N) is 1. The first-order chi connectivity index (χ1) is 8.69. The van der Waals surface area contributed by atoms with Gasteiger partial charge in [-0.25, -0.2) is 0 Å². The van der Waals surface area contributed by atoms with E-state index in [4.69, 9.17) is 5.73 Å². The van der Waals surface area contributed by atoms with Gasteiger partial charge in [-0.1, -0.05) is 19.1 Å². The van der Waals surface area contributed by atoms with E-state index in [0.29, 0.717) is 0 Å². The minimum Gasteiger partial charge on any atom is -0.399 e. The van der Waals surface area contributed by atoms with E-state index in [1.807, 2.05) is 24.3 Å². The fraction of sp³-hybridized carbons (Fsp3) is 0.333. The van der Waals surface area contributed by atoms with Gasteiger partial charge in [0, 0.05) is 28.5 Å². The molecule has 2 rings (SSSR count). The highest BCUT2D eigenvalue weighted by molar-refractivity contribution is 7.11. The van der Waals surface area contributed by atoms with Gasteiger partial charge in [-0.2, -0.15) is 0 Å². The van der Waals surface area contributed by atoms with Crippen molar-refractivity contribution in [3.8, 4) is 0 Å². The van der Waals surface area contributed by atoms with Gasteiger partial charge in [-0.3, -0.25) is 0 Å². The van der Waals surface area contributed by atoms with Crippen LogP contribution in [0.15, 0.2) is 30.3 Å². The zero-order valence-electron chi connectivity index (χ0n) is 11.0. The number of nitrogens with one attached hydrogen (secondary N) is 1. The van der Waals surface area contributed by atoms with Gasteiger partial charge in [-0.05, 0) is 42.7 Å². The van der Waals surface area contributed by atoms with Gasteiger partial charge >= 0.3 is 0 Å². The van der Waals surface area contributed by atoms with Crippen LogP contribution in [-0.4, -0.2) is 0 Å². The smallest absolute Gasteiger partial charge is 0.0343 e. The highest BCUT2D eigenvalue weighted by atomic mass is 32.1. The molecule has 3 heteroatoms. The van der Waals surface area contributed by atoms with Crippen molar-refractivity contribution < 1.29 is 0 Å². The normalized spacial score (nSPS) is 10.8. The molecule has 18 heavy (non-hydrogen) atoms. The largest absolute Gasteiger partial charge is 0.399 e. The first-order valence-corrected chi connectivity index (χ1v) is 7.14. The quantitative estimate of drug-likeness (QED) is 0.808. The van der Waals surface area contributed by atoms with Gasteiger partial charge in [0.2, 0.25) is 0 Å². The molecule has 0 fully saturated rings. The minimum atomic E-state index is 0.865. The Morgan fingerprint density at radius 3 is 2.56 bits per heavy atom. The minimum absolute atomic E-state index is 0.865. The topological polar surface area (TPSA) is 38.0 Å². The van der Waals surface area contributed by atoms with Gasteiger partial charge in [0.15, 0.2) is 0 Å². The maximum Gasteiger partial charge on any atom is 0.0343 e. The fourth-order valence-electron chi connectivity index (χ4n) is 1.89. The third-order valence-corrected chi connectivity index (χ3v) is 4.26. The lowest BCUT2D eigenvalue weighted by Gasteiger charge is -2.06. The Morgan fingerprint density at radius 2 is 1.89 bits per heavy atom. The molecule has 0 spiro atoms. The summed E-state index contributed by atoms with van der Waals surface area (Å²) in [6.45, 7) is 6.07. The number of benzene rings is 1. The average Bonchev–Trinajstić information content (AvgIpc) is 2.82. The van der Waals surface area contributed by atoms with E-state index in [2.05, 4.69) is 36.5 Å². The lowest BCUT2D eigenvalue weighted by molar-refractivity contribution is 0.700. The molecule has 0 bridgehead atoms. The maximum atomic E-state index is 5.81. The number of anilines is 1. The van der Waals surface area contributed by atoms with Crippen LogP contribution in [0.4, 0.5) is 5.69 Å². The summed E-state index contributed by atoms with van der Waals surface area (Å²) in [4.78, 5) is 2.86. The van der Waals surface area contributed by atoms with Crippen LogP contribution in [0.25, 0.3) is 0 Å². The summed E-state index contributed by atoms with van der Waals surface area (Å²) in [6.07, 6.45) is 1.13. The monoisotopic (exact) mass is 260 g/mol. The second-order valence-electron chi connectivity index (χ2n) is 4.52. The predicted molar refractivity (Wildman–Crippen MR) is 79.8 cm³/mol. The molecule has 0 radical (unpaired) electrons. The summed E-state index contributed by atoms with van der Waals surface area (Å²) < 4.78 is 0. The average molecular weight is 260 g/mol. The summed E-state index contributed by atoms with van der Waals surface area (Å²) in [6, 6.07) is 10.6. The van der Waals surface area contributed by atoms with E-state index < -0.39 is 0 Å². The molecule has 1 aromatic carbocycles. The third-order valence-electron chi connectivity index (χ3n) is 3.03. The highest BCUT2D eigenvalue weighted by Crippen LogP contribution is 2.17. The molecular weight excluding hydrogens is 240 g/mol. The van der Waals surface area contributed by atoms with Crippen LogP contribution in [0, 0.1) is 6.92 Å². The Morgan fingerprint density at radius 1 is 1.11 bits per heavy atom. The Hall–Kier alpha value is -1.32. The molecular formula is C15H20N2S. The van der Waals surface area contributed by atoms with Crippen molar-refractivity contribution in [3.05, 3.63) is 51.2 Å². The molecule has 0 aliphatic heterocycles. The van der Waals surface area contributed by atoms with E-state index >= 15 is 0 Å². The predicted octanol–water partition coefficient (Wildman–Crippen LogP) is 3.49.